The number of aryl methyl sites for hydroxylation is 1. The Morgan fingerprint density at radius 3 is 2.90 bits per heavy atom. The predicted octanol–water partition coefficient (Wildman–Crippen LogP) is 1.85. The summed E-state index contributed by atoms with van der Waals surface area (Å²) in [6, 6.07) is 6.39. The molecule has 1 fully saturated rings. The van der Waals surface area contributed by atoms with Gasteiger partial charge in [-0.15, -0.1) is 0 Å². The van der Waals surface area contributed by atoms with Gasteiger partial charge in [0.25, 0.3) is 0 Å². The summed E-state index contributed by atoms with van der Waals surface area (Å²) in [5.74, 6) is 2.24. The Morgan fingerprint density at radius 2 is 2.10 bits per heavy atom. The lowest BCUT2D eigenvalue weighted by Crippen LogP contribution is -2.34. The lowest BCUT2D eigenvalue weighted by molar-refractivity contribution is 0.0731. The van der Waals surface area contributed by atoms with Crippen molar-refractivity contribution in [1.82, 2.24) is 14.5 Å². The molecule has 110 valence electrons. The maximum Gasteiger partial charge on any atom is 0.132 e. The van der Waals surface area contributed by atoms with Gasteiger partial charge in [0.2, 0.25) is 0 Å². The summed E-state index contributed by atoms with van der Waals surface area (Å²) >= 11 is 0. The third-order valence-electron chi connectivity index (χ3n) is 4.59. The largest absolute Gasteiger partial charge is 0.393 e. The van der Waals surface area contributed by atoms with Gasteiger partial charge in [-0.25, -0.2) is 9.97 Å². The van der Waals surface area contributed by atoms with Crippen molar-refractivity contribution in [1.29, 1.82) is 0 Å². The quantitative estimate of drug-likeness (QED) is 0.914. The van der Waals surface area contributed by atoms with Crippen molar-refractivity contribution in [3.8, 4) is 0 Å². The number of fused-ring (bicyclic) bond motifs is 1. The van der Waals surface area contributed by atoms with Crippen LogP contribution in [0.5, 0.6) is 0 Å². The Morgan fingerprint density at radius 1 is 1.24 bits per heavy atom. The second kappa shape index (κ2) is 4.84. The molecule has 0 aromatic carbocycles. The lowest BCUT2D eigenvalue weighted by atomic mass is 9.80. The van der Waals surface area contributed by atoms with Crippen LogP contribution in [0, 0.1) is 6.92 Å². The highest BCUT2D eigenvalue weighted by Crippen LogP contribution is 2.36. The van der Waals surface area contributed by atoms with Crippen LogP contribution < -0.4 is 4.90 Å². The molecule has 0 spiro atoms. The van der Waals surface area contributed by atoms with E-state index in [9.17, 15) is 5.11 Å². The highest BCUT2D eigenvalue weighted by Gasteiger charge is 2.30. The zero-order valence-electron chi connectivity index (χ0n) is 12.2. The van der Waals surface area contributed by atoms with Crippen molar-refractivity contribution in [2.24, 2.45) is 0 Å². The Labute approximate surface area is 124 Å². The highest BCUT2D eigenvalue weighted by atomic mass is 16.3. The fraction of sp³-hybridized carbons (Fsp3) is 0.500. The molecule has 21 heavy (non-hydrogen) atoms. The van der Waals surface area contributed by atoms with E-state index in [1.165, 1.54) is 5.69 Å². The van der Waals surface area contributed by atoms with Gasteiger partial charge in [0, 0.05) is 42.7 Å². The minimum atomic E-state index is -0.146. The van der Waals surface area contributed by atoms with E-state index in [0.29, 0.717) is 5.92 Å². The number of nitrogens with zero attached hydrogens (tertiary/aromatic N) is 4. The molecule has 5 heteroatoms. The van der Waals surface area contributed by atoms with Crippen LogP contribution in [-0.4, -0.2) is 32.3 Å². The van der Waals surface area contributed by atoms with Gasteiger partial charge in [-0.2, -0.15) is 0 Å². The molecule has 1 saturated carbocycles. The minimum absolute atomic E-state index is 0.146. The van der Waals surface area contributed by atoms with E-state index in [4.69, 9.17) is 0 Å². The number of hydrogen-bond donors (Lipinski definition) is 1. The number of rotatable bonds is 2. The van der Waals surface area contributed by atoms with E-state index in [2.05, 4.69) is 43.8 Å². The molecule has 1 aliphatic heterocycles. The standard InChI is InChI=1S/C16H20N4O/c1-11-17-15(12-7-14(21)8-12)9-16(18-11)20-6-5-19-4-2-3-13(19)10-20/h2-4,9,12,14,21H,5-8,10H2,1H3. The van der Waals surface area contributed by atoms with Crippen molar-refractivity contribution < 1.29 is 5.11 Å². The number of aliphatic hydroxyl groups excluding tert-OH is 1. The first-order valence-electron chi connectivity index (χ1n) is 7.61. The Hall–Kier alpha value is -1.88. The van der Waals surface area contributed by atoms with Crippen LogP contribution in [0.25, 0.3) is 0 Å². The van der Waals surface area contributed by atoms with Crippen molar-refractivity contribution in [3.05, 3.63) is 41.6 Å². The Kier molecular flexibility index (Phi) is 2.96. The summed E-state index contributed by atoms with van der Waals surface area (Å²) < 4.78 is 2.30. The van der Waals surface area contributed by atoms with E-state index in [0.717, 1.165) is 49.8 Å². The maximum atomic E-state index is 9.50. The van der Waals surface area contributed by atoms with E-state index in [1.54, 1.807) is 0 Å². The van der Waals surface area contributed by atoms with Crippen LogP contribution in [-0.2, 0) is 13.1 Å². The van der Waals surface area contributed by atoms with Gasteiger partial charge in [0.15, 0.2) is 0 Å². The first-order chi connectivity index (χ1) is 10.2. The van der Waals surface area contributed by atoms with E-state index in [1.807, 2.05) is 6.92 Å². The molecule has 0 atom stereocenters. The van der Waals surface area contributed by atoms with Gasteiger partial charge in [0.05, 0.1) is 12.6 Å². The molecular formula is C16H20N4O. The van der Waals surface area contributed by atoms with Gasteiger partial charge in [0.1, 0.15) is 11.6 Å². The second-order valence-corrected chi connectivity index (χ2v) is 6.13. The molecule has 1 aliphatic carbocycles. The summed E-state index contributed by atoms with van der Waals surface area (Å²) in [7, 11) is 0. The van der Waals surface area contributed by atoms with Crippen LogP contribution >= 0.6 is 0 Å². The SMILES string of the molecule is Cc1nc(C2CC(O)C2)cc(N2CCn3cccc3C2)n1. The molecule has 0 amide bonds. The maximum absolute atomic E-state index is 9.50. The van der Waals surface area contributed by atoms with E-state index < -0.39 is 0 Å². The smallest absolute Gasteiger partial charge is 0.132 e. The van der Waals surface area contributed by atoms with Crippen LogP contribution in [0.1, 0.15) is 36.0 Å². The predicted molar refractivity (Wildman–Crippen MR) is 80.2 cm³/mol. The van der Waals surface area contributed by atoms with Gasteiger partial charge >= 0.3 is 0 Å². The van der Waals surface area contributed by atoms with Gasteiger partial charge < -0.3 is 14.6 Å². The van der Waals surface area contributed by atoms with Crippen molar-refractivity contribution >= 4 is 5.82 Å². The molecule has 4 rings (SSSR count). The van der Waals surface area contributed by atoms with Crippen LogP contribution in [0.3, 0.4) is 0 Å². The Bertz CT molecular complexity index is 660. The number of aliphatic hydroxyl groups is 1. The molecule has 0 unspecified atom stereocenters. The highest BCUT2D eigenvalue weighted by molar-refractivity contribution is 5.42. The van der Waals surface area contributed by atoms with Crippen molar-refractivity contribution in [2.45, 2.75) is 44.9 Å². The monoisotopic (exact) mass is 284 g/mol. The average molecular weight is 284 g/mol. The van der Waals surface area contributed by atoms with E-state index in [-0.39, 0.29) is 6.10 Å². The molecule has 2 aromatic rings. The van der Waals surface area contributed by atoms with Gasteiger partial charge in [-0.05, 0) is 31.9 Å². The molecule has 2 aliphatic rings. The number of hydrogen-bond acceptors (Lipinski definition) is 4. The summed E-state index contributed by atoms with van der Waals surface area (Å²) in [4.78, 5) is 11.5. The molecule has 3 heterocycles. The fourth-order valence-corrected chi connectivity index (χ4v) is 3.28. The van der Waals surface area contributed by atoms with Gasteiger partial charge in [-0.1, -0.05) is 0 Å². The molecule has 2 aromatic heterocycles. The summed E-state index contributed by atoms with van der Waals surface area (Å²) in [6.07, 6.45) is 3.66. The summed E-state index contributed by atoms with van der Waals surface area (Å²) in [5, 5.41) is 9.50. The zero-order valence-corrected chi connectivity index (χ0v) is 12.2. The lowest BCUT2D eigenvalue weighted by Gasteiger charge is -2.33. The third kappa shape index (κ3) is 2.31. The first-order valence-corrected chi connectivity index (χ1v) is 7.61. The summed E-state index contributed by atoms with van der Waals surface area (Å²) in [5.41, 5.74) is 2.42. The normalized spacial score (nSPS) is 24.6. The van der Waals surface area contributed by atoms with Crippen molar-refractivity contribution in [2.75, 3.05) is 11.4 Å². The molecule has 0 radical (unpaired) electrons. The summed E-state index contributed by atoms with van der Waals surface area (Å²) in [6.45, 7) is 4.83. The molecule has 0 saturated heterocycles. The van der Waals surface area contributed by atoms with Crippen LogP contribution in [0.4, 0.5) is 5.82 Å². The average Bonchev–Trinajstić information content (AvgIpc) is 2.90. The minimum Gasteiger partial charge on any atom is -0.393 e. The van der Waals surface area contributed by atoms with Crippen LogP contribution in [0.15, 0.2) is 24.4 Å². The third-order valence-corrected chi connectivity index (χ3v) is 4.59. The van der Waals surface area contributed by atoms with E-state index >= 15 is 0 Å². The molecular weight excluding hydrogens is 264 g/mol. The topological polar surface area (TPSA) is 54.2 Å². The first kappa shape index (κ1) is 12.8. The number of aromatic nitrogens is 3. The van der Waals surface area contributed by atoms with Crippen molar-refractivity contribution in [3.63, 3.8) is 0 Å². The van der Waals surface area contributed by atoms with Crippen LogP contribution in [0.2, 0.25) is 0 Å². The molecule has 1 N–H and O–H groups in total. The Balaban J connectivity index is 1.60. The number of anilines is 1. The molecule has 0 bridgehead atoms. The fourth-order valence-electron chi connectivity index (χ4n) is 3.28. The second-order valence-electron chi connectivity index (χ2n) is 6.13. The molecule has 5 nitrogen and oxygen atoms in total. The van der Waals surface area contributed by atoms with Gasteiger partial charge in [-0.3, -0.25) is 0 Å². The zero-order chi connectivity index (χ0) is 14.4.